The minimum Gasteiger partial charge on any atom is -0.495 e. The van der Waals surface area contributed by atoms with Gasteiger partial charge in [-0.25, -0.2) is 0 Å². The molecule has 0 radical (unpaired) electrons. The van der Waals surface area contributed by atoms with Gasteiger partial charge in [-0.3, -0.25) is 0 Å². The number of anilines is 1. The van der Waals surface area contributed by atoms with Gasteiger partial charge in [-0.15, -0.1) is 0 Å². The molecule has 0 aliphatic rings. The van der Waals surface area contributed by atoms with Crippen LogP contribution in [0.1, 0.15) is 40.0 Å². The van der Waals surface area contributed by atoms with Crippen molar-refractivity contribution in [2.75, 3.05) is 38.7 Å². The van der Waals surface area contributed by atoms with Gasteiger partial charge in [0.2, 0.25) is 0 Å². The lowest BCUT2D eigenvalue weighted by Gasteiger charge is -2.35. The van der Waals surface area contributed by atoms with Gasteiger partial charge in [-0.05, 0) is 36.9 Å². The summed E-state index contributed by atoms with van der Waals surface area (Å²) < 4.78 is 5.48. The van der Waals surface area contributed by atoms with E-state index in [1.54, 1.807) is 7.11 Å². The molecule has 1 N–H and O–H groups in total. The number of para-hydroxylation sites is 2. The van der Waals surface area contributed by atoms with E-state index >= 15 is 0 Å². The number of ether oxygens (including phenoxy) is 1. The van der Waals surface area contributed by atoms with Gasteiger partial charge in [0.25, 0.3) is 0 Å². The quantitative estimate of drug-likeness (QED) is 0.661. The monoisotopic (exact) mass is 292 g/mol. The van der Waals surface area contributed by atoms with Gasteiger partial charge in [-0.2, -0.15) is 0 Å². The Morgan fingerprint density at radius 2 is 1.90 bits per heavy atom. The van der Waals surface area contributed by atoms with E-state index in [0.717, 1.165) is 31.1 Å². The van der Waals surface area contributed by atoms with E-state index in [4.69, 9.17) is 4.74 Å². The third-order valence-electron chi connectivity index (χ3n) is 3.95. The van der Waals surface area contributed by atoms with Crippen LogP contribution in [0.2, 0.25) is 0 Å². The van der Waals surface area contributed by atoms with E-state index < -0.39 is 0 Å². The van der Waals surface area contributed by atoms with Crippen LogP contribution in [-0.2, 0) is 0 Å². The molecule has 1 aromatic rings. The Morgan fingerprint density at radius 1 is 1.19 bits per heavy atom. The maximum Gasteiger partial charge on any atom is 0.142 e. The number of nitrogens with zero attached hydrogens (tertiary/aromatic N) is 1. The predicted molar refractivity (Wildman–Crippen MR) is 92.4 cm³/mol. The van der Waals surface area contributed by atoms with Crippen molar-refractivity contribution >= 4 is 5.69 Å². The molecule has 0 spiro atoms. The van der Waals surface area contributed by atoms with Crippen LogP contribution in [0.4, 0.5) is 5.69 Å². The molecule has 0 fully saturated rings. The predicted octanol–water partition coefficient (Wildman–Crippen LogP) is 3.94. The Labute approximate surface area is 130 Å². The molecule has 0 amide bonds. The number of benzene rings is 1. The van der Waals surface area contributed by atoms with Crippen LogP contribution in [0.3, 0.4) is 0 Å². The van der Waals surface area contributed by atoms with Crippen molar-refractivity contribution in [3.8, 4) is 5.75 Å². The summed E-state index contributed by atoms with van der Waals surface area (Å²) in [7, 11) is 3.90. The van der Waals surface area contributed by atoms with Crippen molar-refractivity contribution in [1.29, 1.82) is 0 Å². The molecule has 1 rings (SSSR count). The number of hydrogen-bond acceptors (Lipinski definition) is 3. The first-order valence-electron chi connectivity index (χ1n) is 8.11. The van der Waals surface area contributed by atoms with Gasteiger partial charge in [0.1, 0.15) is 5.75 Å². The number of rotatable bonds is 10. The Balaban J connectivity index is 2.77. The fourth-order valence-electron chi connectivity index (χ4n) is 3.00. The summed E-state index contributed by atoms with van der Waals surface area (Å²) >= 11 is 0. The first-order valence-corrected chi connectivity index (χ1v) is 8.11. The van der Waals surface area contributed by atoms with E-state index in [-0.39, 0.29) is 5.41 Å². The summed E-state index contributed by atoms with van der Waals surface area (Å²) in [5.41, 5.74) is 1.44. The van der Waals surface area contributed by atoms with Gasteiger partial charge in [0, 0.05) is 20.1 Å². The summed E-state index contributed by atoms with van der Waals surface area (Å²) in [5, 5.41) is 3.59. The highest BCUT2D eigenvalue weighted by Crippen LogP contribution is 2.31. The minimum atomic E-state index is 0.277. The molecular formula is C18H32N2O. The van der Waals surface area contributed by atoms with Crippen LogP contribution >= 0.6 is 0 Å². The second kappa shape index (κ2) is 8.93. The average Bonchev–Trinajstić information content (AvgIpc) is 2.47. The van der Waals surface area contributed by atoms with Crippen molar-refractivity contribution in [2.45, 2.75) is 40.0 Å². The molecule has 1 unspecified atom stereocenters. The normalized spacial score (nSPS) is 13.8. The summed E-state index contributed by atoms with van der Waals surface area (Å²) in [6, 6.07) is 8.24. The Kier molecular flexibility index (Phi) is 7.58. The second-order valence-corrected chi connectivity index (χ2v) is 6.27. The zero-order valence-electron chi connectivity index (χ0n) is 14.4. The molecule has 3 heteroatoms. The molecule has 0 saturated carbocycles. The zero-order chi connectivity index (χ0) is 15.7. The lowest BCUT2D eigenvalue weighted by molar-refractivity contribution is 0.283. The average molecular weight is 292 g/mol. The highest BCUT2D eigenvalue weighted by molar-refractivity contribution is 5.57. The molecule has 0 aliphatic heterocycles. The van der Waals surface area contributed by atoms with Crippen LogP contribution in [0.5, 0.6) is 5.75 Å². The van der Waals surface area contributed by atoms with Gasteiger partial charge in [0.15, 0.2) is 0 Å². The van der Waals surface area contributed by atoms with E-state index in [1.165, 1.54) is 19.3 Å². The van der Waals surface area contributed by atoms with Crippen molar-refractivity contribution in [2.24, 2.45) is 5.41 Å². The Morgan fingerprint density at radius 3 is 2.52 bits per heavy atom. The molecule has 1 atom stereocenters. The Bertz CT molecular complexity index is 408. The van der Waals surface area contributed by atoms with Crippen molar-refractivity contribution in [3.05, 3.63) is 24.3 Å². The smallest absolute Gasteiger partial charge is 0.142 e. The summed E-state index contributed by atoms with van der Waals surface area (Å²) in [5.74, 6) is 0.945. The third kappa shape index (κ3) is 5.58. The number of methoxy groups -OCH3 is 1. The molecular weight excluding hydrogens is 260 g/mol. The first kappa shape index (κ1) is 17.8. The van der Waals surface area contributed by atoms with Crippen LogP contribution in [0.15, 0.2) is 24.3 Å². The fourth-order valence-corrected chi connectivity index (χ4v) is 3.00. The largest absolute Gasteiger partial charge is 0.495 e. The topological polar surface area (TPSA) is 24.5 Å². The molecule has 0 aromatic heterocycles. The first-order chi connectivity index (χ1) is 10.1. The lowest BCUT2D eigenvalue weighted by atomic mass is 9.84. The zero-order valence-corrected chi connectivity index (χ0v) is 14.4. The van der Waals surface area contributed by atoms with Crippen molar-refractivity contribution in [3.63, 3.8) is 0 Å². The van der Waals surface area contributed by atoms with Crippen molar-refractivity contribution < 1.29 is 4.74 Å². The van der Waals surface area contributed by atoms with E-state index in [9.17, 15) is 0 Å². The molecule has 0 bridgehead atoms. The van der Waals surface area contributed by atoms with E-state index in [0.29, 0.717) is 0 Å². The molecule has 0 heterocycles. The number of nitrogens with one attached hydrogen (secondary N) is 1. The summed E-state index contributed by atoms with van der Waals surface area (Å²) in [6.07, 6.45) is 3.62. The lowest BCUT2D eigenvalue weighted by Crippen LogP contribution is -2.41. The maximum absolute atomic E-state index is 5.48. The maximum atomic E-state index is 5.48. The van der Waals surface area contributed by atoms with E-state index in [1.807, 2.05) is 12.1 Å². The summed E-state index contributed by atoms with van der Waals surface area (Å²) in [4.78, 5) is 2.32. The molecule has 0 aliphatic carbocycles. The van der Waals surface area contributed by atoms with Crippen molar-refractivity contribution in [1.82, 2.24) is 5.32 Å². The standard InChI is InChI=1S/C18H32N2O/c1-6-12-18(3,14-19-13-7-2)15-20(4)16-10-8-9-11-17(16)21-5/h8-11,19H,6-7,12-15H2,1-5H3. The third-order valence-corrected chi connectivity index (χ3v) is 3.95. The van der Waals surface area contributed by atoms with E-state index in [2.05, 4.69) is 50.2 Å². The van der Waals surface area contributed by atoms with Crippen LogP contribution in [-0.4, -0.2) is 33.8 Å². The van der Waals surface area contributed by atoms with Crippen LogP contribution in [0, 0.1) is 5.41 Å². The van der Waals surface area contributed by atoms with Crippen LogP contribution < -0.4 is 15.0 Å². The molecule has 3 nitrogen and oxygen atoms in total. The van der Waals surface area contributed by atoms with Crippen LogP contribution in [0.25, 0.3) is 0 Å². The van der Waals surface area contributed by atoms with Gasteiger partial charge < -0.3 is 15.0 Å². The molecule has 0 saturated heterocycles. The highest BCUT2D eigenvalue weighted by atomic mass is 16.5. The molecule has 1 aromatic carbocycles. The minimum absolute atomic E-state index is 0.277. The van der Waals surface area contributed by atoms with Gasteiger partial charge >= 0.3 is 0 Å². The van der Waals surface area contributed by atoms with Gasteiger partial charge in [-0.1, -0.05) is 39.3 Å². The second-order valence-electron chi connectivity index (χ2n) is 6.27. The summed E-state index contributed by atoms with van der Waals surface area (Å²) in [6.45, 7) is 10.0. The Hall–Kier alpha value is -1.22. The SMILES string of the molecule is CCCNCC(C)(CCC)CN(C)c1ccccc1OC. The fraction of sp³-hybridized carbons (Fsp3) is 0.667. The number of hydrogen-bond donors (Lipinski definition) is 1. The van der Waals surface area contributed by atoms with Gasteiger partial charge in [0.05, 0.1) is 12.8 Å². The molecule has 120 valence electrons. The molecule has 21 heavy (non-hydrogen) atoms. The highest BCUT2D eigenvalue weighted by Gasteiger charge is 2.25.